The second-order valence-corrected chi connectivity index (χ2v) is 10.2. The first kappa shape index (κ1) is 30.7. The van der Waals surface area contributed by atoms with E-state index in [1.807, 2.05) is 0 Å². The molecular weight excluding hydrogens is 580 g/mol. The van der Waals surface area contributed by atoms with Gasteiger partial charge in [0.25, 0.3) is 0 Å². The van der Waals surface area contributed by atoms with Crippen molar-refractivity contribution in [2.45, 2.75) is 68.3 Å². The Balaban J connectivity index is 1.62. The van der Waals surface area contributed by atoms with Gasteiger partial charge >= 0.3 is 0 Å². The van der Waals surface area contributed by atoms with E-state index in [4.69, 9.17) is 23.4 Å². The zero-order valence-electron chi connectivity index (χ0n) is 22.3. The summed E-state index contributed by atoms with van der Waals surface area (Å²) in [6.45, 7) is 0.541. The molecule has 0 saturated carbocycles. The van der Waals surface area contributed by atoms with E-state index >= 15 is 0 Å². The van der Waals surface area contributed by atoms with Crippen molar-refractivity contribution >= 4 is 11.0 Å². The van der Waals surface area contributed by atoms with E-state index in [1.165, 1.54) is 19.1 Å². The van der Waals surface area contributed by atoms with Crippen molar-refractivity contribution in [3.05, 3.63) is 40.6 Å². The molecule has 16 nitrogen and oxygen atoms in total. The summed E-state index contributed by atoms with van der Waals surface area (Å²) < 4.78 is 28.3. The van der Waals surface area contributed by atoms with Crippen LogP contribution in [0.5, 0.6) is 28.7 Å². The molecule has 10 atom stereocenters. The number of benzene rings is 2. The van der Waals surface area contributed by atoms with Crippen molar-refractivity contribution in [2.75, 3.05) is 6.61 Å². The lowest BCUT2D eigenvalue weighted by Gasteiger charge is -2.45. The maximum atomic E-state index is 13.7. The molecule has 2 aromatic carbocycles. The fourth-order valence-corrected chi connectivity index (χ4v) is 4.89. The van der Waals surface area contributed by atoms with Gasteiger partial charge in [-0.3, -0.25) is 4.79 Å². The largest absolute Gasteiger partial charge is 0.508 e. The molecule has 10 N–H and O–H groups in total. The van der Waals surface area contributed by atoms with Gasteiger partial charge in [-0.25, -0.2) is 0 Å². The highest BCUT2D eigenvalue weighted by molar-refractivity contribution is 5.85. The van der Waals surface area contributed by atoms with Gasteiger partial charge < -0.3 is 74.4 Å². The van der Waals surface area contributed by atoms with Crippen LogP contribution in [0.3, 0.4) is 0 Å². The van der Waals surface area contributed by atoms with Crippen LogP contribution in [0.15, 0.2) is 39.5 Å². The molecule has 234 valence electrons. The number of phenols is 4. The molecule has 2 fully saturated rings. The third-order valence-electron chi connectivity index (χ3n) is 7.37. The molecule has 0 radical (unpaired) electrons. The summed E-state index contributed by atoms with van der Waals surface area (Å²) in [6, 6.07) is 5.53. The zero-order valence-corrected chi connectivity index (χ0v) is 22.3. The second-order valence-electron chi connectivity index (χ2n) is 10.2. The van der Waals surface area contributed by atoms with Crippen molar-refractivity contribution < 1.29 is 74.4 Å². The van der Waals surface area contributed by atoms with Crippen LogP contribution in [0.25, 0.3) is 22.3 Å². The van der Waals surface area contributed by atoms with Crippen LogP contribution in [-0.2, 0) is 14.2 Å². The number of hydrogen-bond donors (Lipinski definition) is 10. The molecule has 0 bridgehead atoms. The Morgan fingerprint density at radius 2 is 1.53 bits per heavy atom. The highest BCUT2D eigenvalue weighted by atomic mass is 16.8. The predicted molar refractivity (Wildman–Crippen MR) is 140 cm³/mol. The number of ether oxygens (including phenoxy) is 4. The van der Waals surface area contributed by atoms with Crippen LogP contribution < -0.4 is 10.2 Å². The van der Waals surface area contributed by atoms with Crippen molar-refractivity contribution in [3.63, 3.8) is 0 Å². The minimum Gasteiger partial charge on any atom is -0.508 e. The quantitative estimate of drug-likeness (QED) is 0.140. The number of rotatable bonds is 6. The number of aliphatic hydroxyl groups is 6. The summed E-state index contributed by atoms with van der Waals surface area (Å²) in [5.41, 5.74) is -1.45. The van der Waals surface area contributed by atoms with Gasteiger partial charge in [-0.1, -0.05) is 0 Å². The van der Waals surface area contributed by atoms with E-state index in [1.54, 1.807) is 0 Å². The fourth-order valence-electron chi connectivity index (χ4n) is 4.89. The highest BCUT2D eigenvalue weighted by Gasteiger charge is 2.51. The summed E-state index contributed by atoms with van der Waals surface area (Å²) >= 11 is 0. The molecule has 16 heteroatoms. The normalized spacial score (nSPS) is 33.0. The molecule has 0 spiro atoms. The van der Waals surface area contributed by atoms with E-state index in [-0.39, 0.29) is 22.3 Å². The van der Waals surface area contributed by atoms with E-state index in [9.17, 15) is 55.9 Å². The SMILES string of the molecule is C[C@@H]1O[C@@H](O[C@H]2[C@@H](Oc3c(-c4ccc(O)c(O)c4O)oc4cc(O)ccc4c3=O)O[C@@H](CO)[C@@H](O)[C@H]2O)[C@@H](O)[C@@H](O)[C@@H]1O. The molecular formula is C27H30O16. The molecule has 0 amide bonds. The van der Waals surface area contributed by atoms with Gasteiger partial charge in [-0.2, -0.15) is 0 Å². The Hall–Kier alpha value is -3.71. The van der Waals surface area contributed by atoms with Gasteiger partial charge in [-0.05, 0) is 31.2 Å². The maximum Gasteiger partial charge on any atom is 0.235 e. The van der Waals surface area contributed by atoms with Crippen molar-refractivity contribution in [1.29, 1.82) is 0 Å². The van der Waals surface area contributed by atoms with Crippen LogP contribution >= 0.6 is 0 Å². The number of phenolic OH excluding ortho intramolecular Hbond substituents is 4. The standard InChI is InChI=1S/C27H30O16/c1-8-15(31)20(36)22(38)26(39-8)43-25-21(37)19(35)14(7-28)41-27(25)42-24-17(33)10-3-2-9(29)6-13(10)40-23(24)11-4-5-12(30)18(34)16(11)32/h2-6,8,14-15,19-22,25-32,34-38H,7H2,1H3/t8-,14-,15+,19+,20-,21+,22-,25+,26-,27+/m0/s1. The Kier molecular flexibility index (Phi) is 8.41. The molecule has 2 aliphatic heterocycles. The lowest BCUT2D eigenvalue weighted by Crippen LogP contribution is -2.64. The summed E-state index contributed by atoms with van der Waals surface area (Å²) in [5.74, 6) is -4.12. The van der Waals surface area contributed by atoms with Crippen molar-refractivity contribution in [1.82, 2.24) is 0 Å². The molecule has 3 aromatic rings. The lowest BCUT2D eigenvalue weighted by molar-refractivity contribution is -0.354. The van der Waals surface area contributed by atoms with Crippen molar-refractivity contribution in [2.24, 2.45) is 0 Å². The first-order chi connectivity index (χ1) is 20.3. The van der Waals surface area contributed by atoms with Crippen LogP contribution in [0.2, 0.25) is 0 Å². The van der Waals surface area contributed by atoms with Gasteiger partial charge in [0.15, 0.2) is 29.7 Å². The molecule has 2 saturated heterocycles. The second kappa shape index (κ2) is 11.8. The van der Waals surface area contributed by atoms with Gasteiger partial charge in [0.05, 0.1) is 23.7 Å². The van der Waals surface area contributed by atoms with Gasteiger partial charge in [-0.15, -0.1) is 0 Å². The zero-order chi connectivity index (χ0) is 31.3. The molecule has 0 unspecified atom stereocenters. The monoisotopic (exact) mass is 610 g/mol. The fraction of sp³-hybridized carbons (Fsp3) is 0.444. The van der Waals surface area contributed by atoms with Crippen molar-refractivity contribution in [3.8, 4) is 40.1 Å². The smallest absolute Gasteiger partial charge is 0.235 e. The average molecular weight is 611 g/mol. The van der Waals surface area contributed by atoms with Gasteiger partial charge in [0.1, 0.15) is 48.0 Å². The summed E-state index contributed by atoms with van der Waals surface area (Å²) in [5, 5.41) is 102. The Labute approximate surface area is 241 Å². The molecule has 3 heterocycles. The highest BCUT2D eigenvalue weighted by Crippen LogP contribution is 2.45. The summed E-state index contributed by atoms with van der Waals surface area (Å²) in [4.78, 5) is 13.7. The van der Waals surface area contributed by atoms with Gasteiger partial charge in [0.2, 0.25) is 23.2 Å². The van der Waals surface area contributed by atoms with E-state index in [0.29, 0.717) is 0 Å². The molecule has 5 rings (SSSR count). The summed E-state index contributed by atoms with van der Waals surface area (Å²) in [7, 11) is 0. The number of hydrogen-bond acceptors (Lipinski definition) is 16. The Morgan fingerprint density at radius 1 is 0.814 bits per heavy atom. The van der Waals surface area contributed by atoms with Crippen LogP contribution in [0.4, 0.5) is 0 Å². The topological polar surface area (TPSA) is 269 Å². The molecule has 43 heavy (non-hydrogen) atoms. The van der Waals surface area contributed by atoms with E-state index < -0.39 is 102 Å². The number of fused-ring (bicyclic) bond motifs is 1. The van der Waals surface area contributed by atoms with Gasteiger partial charge in [0, 0.05) is 6.07 Å². The van der Waals surface area contributed by atoms with Crippen LogP contribution in [-0.4, -0.2) is 119 Å². The third-order valence-corrected chi connectivity index (χ3v) is 7.37. The lowest BCUT2D eigenvalue weighted by atomic mass is 9.97. The van der Waals surface area contributed by atoms with E-state index in [2.05, 4.69) is 0 Å². The van der Waals surface area contributed by atoms with Crippen LogP contribution in [0.1, 0.15) is 6.92 Å². The van der Waals surface area contributed by atoms with Crippen LogP contribution in [0, 0.1) is 0 Å². The maximum absolute atomic E-state index is 13.7. The first-order valence-electron chi connectivity index (χ1n) is 13.0. The predicted octanol–water partition coefficient (Wildman–Crippen LogP) is -1.69. The summed E-state index contributed by atoms with van der Waals surface area (Å²) in [6.07, 6.45) is -16.7. The first-order valence-corrected chi connectivity index (χ1v) is 13.0. The number of aromatic hydroxyl groups is 4. The Bertz CT molecular complexity index is 1540. The average Bonchev–Trinajstić information content (AvgIpc) is 2.98. The molecule has 2 aliphatic rings. The third kappa shape index (κ3) is 5.44. The minimum atomic E-state index is -1.91. The molecule has 0 aliphatic carbocycles. The Morgan fingerprint density at radius 3 is 2.23 bits per heavy atom. The minimum absolute atomic E-state index is 0.136. The number of aliphatic hydroxyl groups excluding tert-OH is 6. The van der Waals surface area contributed by atoms with E-state index in [0.717, 1.165) is 18.2 Å². The molecule has 1 aromatic heterocycles.